The number of hydrogen-bond donors (Lipinski definition) is 1. The lowest BCUT2D eigenvalue weighted by molar-refractivity contribution is -0.132. The van der Waals surface area contributed by atoms with E-state index in [-0.39, 0.29) is 16.9 Å². The number of ether oxygens (including phenoxy) is 2. The third-order valence-electron chi connectivity index (χ3n) is 5.52. The molecule has 1 fully saturated rings. The average molecular weight is 482 g/mol. The fourth-order valence-corrected chi connectivity index (χ4v) is 5.01. The first-order valence-electron chi connectivity index (χ1n) is 10.9. The number of halogens is 1. The summed E-state index contributed by atoms with van der Waals surface area (Å²) in [6.45, 7) is 6.32. The van der Waals surface area contributed by atoms with E-state index in [0.717, 1.165) is 10.4 Å². The van der Waals surface area contributed by atoms with Gasteiger partial charge in [0, 0.05) is 16.6 Å². The van der Waals surface area contributed by atoms with Crippen LogP contribution in [0.5, 0.6) is 11.5 Å². The lowest BCUT2D eigenvalue weighted by Gasteiger charge is -2.25. The molecular weight excluding hydrogens is 457 g/mol. The largest absolute Gasteiger partial charge is 0.507 e. The van der Waals surface area contributed by atoms with Gasteiger partial charge >= 0.3 is 0 Å². The Morgan fingerprint density at radius 3 is 2.38 bits per heavy atom. The van der Waals surface area contributed by atoms with Gasteiger partial charge in [0.25, 0.3) is 11.7 Å². The van der Waals surface area contributed by atoms with E-state index < -0.39 is 23.5 Å². The van der Waals surface area contributed by atoms with Gasteiger partial charge in [-0.25, -0.2) is 4.39 Å². The topological polar surface area (TPSA) is 76.1 Å². The molecule has 1 saturated heterocycles. The van der Waals surface area contributed by atoms with Gasteiger partial charge in [0.1, 0.15) is 29.1 Å². The second-order valence-corrected chi connectivity index (χ2v) is 8.59. The highest BCUT2D eigenvalue weighted by atomic mass is 32.1. The smallest absolute Gasteiger partial charge is 0.300 e. The van der Waals surface area contributed by atoms with Gasteiger partial charge in [-0.05, 0) is 74.2 Å². The Kier molecular flexibility index (Phi) is 6.70. The van der Waals surface area contributed by atoms with Crippen LogP contribution in [0.4, 0.5) is 10.1 Å². The van der Waals surface area contributed by atoms with Gasteiger partial charge in [-0.3, -0.25) is 14.5 Å². The number of amides is 1. The molecule has 1 amide bonds. The number of thiophene rings is 1. The molecule has 0 spiro atoms. The van der Waals surface area contributed by atoms with E-state index in [0.29, 0.717) is 30.4 Å². The molecule has 1 N–H and O–H groups in total. The highest BCUT2D eigenvalue weighted by Gasteiger charge is 2.48. The molecule has 0 radical (unpaired) electrons. The molecule has 34 heavy (non-hydrogen) atoms. The number of ketones is 1. The van der Waals surface area contributed by atoms with E-state index in [1.165, 1.54) is 40.5 Å². The van der Waals surface area contributed by atoms with Gasteiger partial charge in [-0.2, -0.15) is 0 Å². The summed E-state index contributed by atoms with van der Waals surface area (Å²) in [6, 6.07) is 11.3. The predicted octanol–water partition coefficient (Wildman–Crippen LogP) is 5.62. The molecule has 4 rings (SSSR count). The Bertz CT molecular complexity index is 1260. The molecule has 2 aromatic carbocycles. The molecule has 6 nitrogen and oxygen atoms in total. The predicted molar refractivity (Wildman–Crippen MR) is 129 cm³/mol. The summed E-state index contributed by atoms with van der Waals surface area (Å²) in [5.41, 5.74) is 1.45. The van der Waals surface area contributed by atoms with Crippen LogP contribution in [0, 0.1) is 12.7 Å². The minimum absolute atomic E-state index is 0.0509. The van der Waals surface area contributed by atoms with Gasteiger partial charge in [0.15, 0.2) is 0 Å². The van der Waals surface area contributed by atoms with Crippen molar-refractivity contribution in [1.82, 2.24) is 0 Å². The summed E-state index contributed by atoms with van der Waals surface area (Å²) in [6.07, 6.45) is 0. The Labute approximate surface area is 200 Å². The molecule has 1 unspecified atom stereocenters. The van der Waals surface area contributed by atoms with E-state index in [2.05, 4.69) is 0 Å². The van der Waals surface area contributed by atoms with Crippen LogP contribution < -0.4 is 14.4 Å². The second-order valence-electron chi connectivity index (χ2n) is 7.64. The van der Waals surface area contributed by atoms with E-state index >= 15 is 0 Å². The molecule has 176 valence electrons. The lowest BCUT2D eigenvalue weighted by Crippen LogP contribution is -2.29. The summed E-state index contributed by atoms with van der Waals surface area (Å²) in [5.74, 6) is -1.53. The number of rotatable bonds is 7. The van der Waals surface area contributed by atoms with Crippen molar-refractivity contribution in [3.8, 4) is 11.5 Å². The van der Waals surface area contributed by atoms with Gasteiger partial charge in [-0.1, -0.05) is 0 Å². The van der Waals surface area contributed by atoms with Crippen molar-refractivity contribution in [2.24, 2.45) is 0 Å². The molecule has 2 heterocycles. The summed E-state index contributed by atoms with van der Waals surface area (Å²) in [7, 11) is 0. The maximum Gasteiger partial charge on any atom is 0.300 e. The second kappa shape index (κ2) is 9.69. The molecule has 1 aliphatic rings. The highest BCUT2D eigenvalue weighted by Crippen LogP contribution is 2.46. The number of hydrogen-bond acceptors (Lipinski definition) is 6. The van der Waals surface area contributed by atoms with Crippen molar-refractivity contribution >= 4 is 34.5 Å². The number of aryl methyl sites for hydroxylation is 1. The van der Waals surface area contributed by atoms with E-state index in [1.54, 1.807) is 25.1 Å². The van der Waals surface area contributed by atoms with Crippen LogP contribution in [0.2, 0.25) is 0 Å². The monoisotopic (exact) mass is 481 g/mol. The van der Waals surface area contributed by atoms with Crippen molar-refractivity contribution in [2.45, 2.75) is 26.8 Å². The summed E-state index contributed by atoms with van der Waals surface area (Å²) in [5, 5.41) is 13.3. The van der Waals surface area contributed by atoms with Crippen LogP contribution in [0.1, 0.15) is 35.9 Å². The zero-order valence-electron chi connectivity index (χ0n) is 19.0. The zero-order valence-corrected chi connectivity index (χ0v) is 19.8. The van der Waals surface area contributed by atoms with Gasteiger partial charge < -0.3 is 14.6 Å². The minimum atomic E-state index is -0.869. The highest BCUT2D eigenvalue weighted by molar-refractivity contribution is 7.10. The van der Waals surface area contributed by atoms with Crippen molar-refractivity contribution in [3.63, 3.8) is 0 Å². The van der Waals surface area contributed by atoms with E-state index in [9.17, 15) is 19.1 Å². The minimum Gasteiger partial charge on any atom is -0.507 e. The number of nitrogens with zero attached hydrogens (tertiary/aromatic N) is 1. The molecule has 8 heteroatoms. The van der Waals surface area contributed by atoms with Crippen molar-refractivity contribution in [1.29, 1.82) is 0 Å². The molecule has 3 aromatic rings. The van der Waals surface area contributed by atoms with Crippen LogP contribution in [-0.4, -0.2) is 30.0 Å². The van der Waals surface area contributed by atoms with Crippen LogP contribution in [-0.2, 0) is 9.59 Å². The molecule has 0 bridgehead atoms. The SMILES string of the molecule is CCOc1ccc(/C(O)=C2\C(=O)C(=O)N(c3ccc(F)cc3)C2c2sccc2C)c(OCC)c1. The average Bonchev–Trinajstić information content (AvgIpc) is 3.35. The zero-order chi connectivity index (χ0) is 24.4. The van der Waals surface area contributed by atoms with Gasteiger partial charge in [0.2, 0.25) is 0 Å². The third-order valence-corrected chi connectivity index (χ3v) is 6.59. The van der Waals surface area contributed by atoms with Crippen LogP contribution in [0.15, 0.2) is 59.5 Å². The lowest BCUT2D eigenvalue weighted by atomic mass is 9.97. The first-order valence-corrected chi connectivity index (χ1v) is 11.8. The van der Waals surface area contributed by atoms with Crippen molar-refractivity contribution in [2.75, 3.05) is 18.1 Å². The Morgan fingerprint density at radius 2 is 1.76 bits per heavy atom. The van der Waals surface area contributed by atoms with Gasteiger partial charge in [0.05, 0.1) is 24.4 Å². The summed E-state index contributed by atoms with van der Waals surface area (Å²) in [4.78, 5) is 28.5. The van der Waals surface area contributed by atoms with Crippen LogP contribution in [0.3, 0.4) is 0 Å². The molecular formula is C26H24FNO5S. The number of carbonyl (C=O) groups excluding carboxylic acids is 2. The summed E-state index contributed by atoms with van der Waals surface area (Å²) < 4.78 is 24.8. The normalized spacial score (nSPS) is 17.3. The number of benzene rings is 2. The van der Waals surface area contributed by atoms with Crippen LogP contribution in [0.25, 0.3) is 5.76 Å². The van der Waals surface area contributed by atoms with Crippen molar-refractivity contribution < 1.29 is 28.6 Å². The maximum atomic E-state index is 13.6. The Morgan fingerprint density at radius 1 is 1.06 bits per heavy atom. The fraction of sp³-hybridized carbons (Fsp3) is 0.231. The fourth-order valence-electron chi connectivity index (χ4n) is 3.99. The molecule has 1 atom stereocenters. The Balaban J connectivity index is 1.93. The molecule has 0 saturated carbocycles. The Hall–Kier alpha value is -3.65. The third kappa shape index (κ3) is 4.17. The van der Waals surface area contributed by atoms with Gasteiger partial charge in [-0.15, -0.1) is 11.3 Å². The quantitative estimate of drug-likeness (QED) is 0.269. The first kappa shape index (κ1) is 23.5. The summed E-state index contributed by atoms with van der Waals surface area (Å²) >= 11 is 1.38. The molecule has 1 aromatic heterocycles. The standard InChI is InChI=1S/C26H24FNO5S/c1-4-32-18-10-11-19(20(14-18)33-5-2)23(29)21-22(25-15(3)12-13-34-25)28(26(31)24(21)30)17-8-6-16(27)7-9-17/h6-14,22,29H,4-5H2,1-3H3/b23-21+. The number of aliphatic hydroxyl groups is 1. The van der Waals surface area contributed by atoms with Crippen molar-refractivity contribution in [3.05, 3.63) is 81.3 Å². The molecule has 1 aliphatic heterocycles. The number of carbonyl (C=O) groups is 2. The van der Waals surface area contributed by atoms with E-state index in [4.69, 9.17) is 9.47 Å². The maximum absolute atomic E-state index is 13.6. The van der Waals surface area contributed by atoms with Crippen LogP contribution >= 0.6 is 11.3 Å². The number of aliphatic hydroxyl groups excluding tert-OH is 1. The first-order chi connectivity index (χ1) is 16.4. The molecule has 0 aliphatic carbocycles. The number of anilines is 1. The number of Topliss-reactive ketones (excluding diaryl/α,β-unsaturated/α-hetero) is 1. The van der Waals surface area contributed by atoms with E-state index in [1.807, 2.05) is 25.3 Å².